The predicted octanol–water partition coefficient (Wildman–Crippen LogP) is 2.28. The Kier molecular flexibility index (Phi) is 3.63. The first-order valence-electron chi connectivity index (χ1n) is 7.67. The van der Waals surface area contributed by atoms with Gasteiger partial charge in [0.15, 0.2) is 5.65 Å². The molecule has 0 unspecified atom stereocenters. The number of hydrogen-bond acceptors (Lipinski definition) is 4. The summed E-state index contributed by atoms with van der Waals surface area (Å²) < 4.78 is 3.47. The van der Waals surface area contributed by atoms with Crippen molar-refractivity contribution in [3.05, 3.63) is 89.4 Å². The zero-order valence-corrected chi connectivity index (χ0v) is 12.9. The molecule has 1 aromatic carbocycles. The van der Waals surface area contributed by atoms with Gasteiger partial charge < -0.3 is 0 Å². The fraction of sp³-hybridized carbons (Fsp3) is 0.111. The molecule has 4 aromatic rings. The Bertz CT molecular complexity index is 1010. The van der Waals surface area contributed by atoms with E-state index in [1.54, 1.807) is 35.4 Å². The number of rotatable bonds is 4. The maximum atomic E-state index is 12.9. The third-order valence-electron chi connectivity index (χ3n) is 4.00. The van der Waals surface area contributed by atoms with Gasteiger partial charge in [0, 0.05) is 18.6 Å². The Labute approximate surface area is 138 Å². The molecule has 6 nitrogen and oxygen atoms in total. The molecule has 0 aliphatic carbocycles. The van der Waals surface area contributed by atoms with Gasteiger partial charge in [0.25, 0.3) is 5.56 Å². The topological polar surface area (TPSA) is 65.6 Å². The molecule has 0 fully saturated rings. The third kappa shape index (κ3) is 2.58. The van der Waals surface area contributed by atoms with Crippen molar-refractivity contribution in [1.82, 2.24) is 24.3 Å². The van der Waals surface area contributed by atoms with Gasteiger partial charge in [-0.2, -0.15) is 5.10 Å². The SMILES string of the molecule is O=c1c2cccnc2ncn1[C@@H](Cn1cccn1)c1ccccc1. The number of fused-ring (bicyclic) bond motifs is 1. The summed E-state index contributed by atoms with van der Waals surface area (Å²) in [6, 6.07) is 15.1. The van der Waals surface area contributed by atoms with E-state index in [-0.39, 0.29) is 11.6 Å². The molecule has 0 aliphatic heterocycles. The van der Waals surface area contributed by atoms with Crippen molar-refractivity contribution in [2.75, 3.05) is 0 Å². The highest BCUT2D eigenvalue weighted by Gasteiger charge is 2.17. The summed E-state index contributed by atoms with van der Waals surface area (Å²) in [4.78, 5) is 21.4. The normalized spacial score (nSPS) is 12.3. The van der Waals surface area contributed by atoms with Crippen LogP contribution in [0.15, 0.2) is 78.2 Å². The van der Waals surface area contributed by atoms with Crippen molar-refractivity contribution < 1.29 is 0 Å². The maximum absolute atomic E-state index is 12.9. The minimum atomic E-state index is -0.198. The average Bonchev–Trinajstić information content (AvgIpc) is 3.15. The van der Waals surface area contributed by atoms with Crippen LogP contribution in [0.3, 0.4) is 0 Å². The molecule has 1 atom stereocenters. The van der Waals surface area contributed by atoms with E-state index in [2.05, 4.69) is 15.1 Å². The number of benzene rings is 1. The summed E-state index contributed by atoms with van der Waals surface area (Å²) in [5, 5.41) is 4.78. The van der Waals surface area contributed by atoms with Crippen LogP contribution in [0.1, 0.15) is 11.6 Å². The average molecular weight is 317 g/mol. The second-order valence-corrected chi connectivity index (χ2v) is 5.49. The van der Waals surface area contributed by atoms with Gasteiger partial charge in [-0.15, -0.1) is 0 Å². The number of aromatic nitrogens is 5. The lowest BCUT2D eigenvalue weighted by Crippen LogP contribution is -2.29. The largest absolute Gasteiger partial charge is 0.289 e. The van der Waals surface area contributed by atoms with Gasteiger partial charge in [0.05, 0.1) is 18.0 Å². The van der Waals surface area contributed by atoms with Gasteiger partial charge in [-0.1, -0.05) is 30.3 Å². The zero-order valence-electron chi connectivity index (χ0n) is 12.9. The van der Waals surface area contributed by atoms with Gasteiger partial charge in [-0.25, -0.2) is 9.97 Å². The standard InChI is InChI=1S/C18H15N5O/c24-18-15-8-4-9-19-17(15)20-13-23(18)16(12-22-11-5-10-21-22)14-6-2-1-3-7-14/h1-11,13,16H,12H2/t16-/m0/s1. The fourth-order valence-corrected chi connectivity index (χ4v) is 2.81. The second kappa shape index (κ2) is 6.08. The smallest absolute Gasteiger partial charge is 0.263 e. The van der Waals surface area contributed by atoms with E-state index < -0.39 is 0 Å². The lowest BCUT2D eigenvalue weighted by atomic mass is 10.1. The highest BCUT2D eigenvalue weighted by molar-refractivity contribution is 5.72. The van der Waals surface area contributed by atoms with E-state index in [1.165, 1.54) is 0 Å². The van der Waals surface area contributed by atoms with E-state index in [4.69, 9.17) is 0 Å². The molecular formula is C18H15N5O. The predicted molar refractivity (Wildman–Crippen MR) is 90.6 cm³/mol. The van der Waals surface area contributed by atoms with E-state index in [9.17, 15) is 4.79 Å². The summed E-state index contributed by atoms with van der Waals surface area (Å²) in [6.07, 6.45) is 6.82. The molecule has 0 N–H and O–H groups in total. The first-order chi connectivity index (χ1) is 11.8. The van der Waals surface area contributed by atoms with Crippen LogP contribution in [-0.2, 0) is 6.54 Å². The minimum Gasteiger partial charge on any atom is -0.289 e. The van der Waals surface area contributed by atoms with Crippen LogP contribution in [0.2, 0.25) is 0 Å². The molecule has 3 heterocycles. The van der Waals surface area contributed by atoms with Crippen LogP contribution in [0.4, 0.5) is 0 Å². The van der Waals surface area contributed by atoms with Gasteiger partial charge >= 0.3 is 0 Å². The maximum Gasteiger partial charge on any atom is 0.263 e. The van der Waals surface area contributed by atoms with Crippen molar-refractivity contribution in [2.45, 2.75) is 12.6 Å². The molecular weight excluding hydrogens is 302 g/mol. The number of hydrogen-bond donors (Lipinski definition) is 0. The Balaban J connectivity index is 1.87. The van der Waals surface area contributed by atoms with Gasteiger partial charge in [0.2, 0.25) is 0 Å². The van der Waals surface area contributed by atoms with E-state index in [0.29, 0.717) is 17.6 Å². The van der Waals surface area contributed by atoms with Crippen molar-refractivity contribution in [3.63, 3.8) is 0 Å². The molecule has 0 saturated heterocycles. The Morgan fingerprint density at radius 2 is 1.83 bits per heavy atom. The molecule has 118 valence electrons. The molecule has 0 radical (unpaired) electrons. The Hall–Kier alpha value is -3.28. The summed E-state index contributed by atoms with van der Waals surface area (Å²) in [5.41, 5.74) is 1.39. The molecule has 0 spiro atoms. The third-order valence-corrected chi connectivity index (χ3v) is 4.00. The fourth-order valence-electron chi connectivity index (χ4n) is 2.81. The minimum absolute atomic E-state index is 0.103. The van der Waals surface area contributed by atoms with Gasteiger partial charge in [-0.3, -0.25) is 14.0 Å². The van der Waals surface area contributed by atoms with Crippen molar-refractivity contribution >= 4 is 11.0 Å². The van der Waals surface area contributed by atoms with Crippen molar-refractivity contribution in [2.24, 2.45) is 0 Å². The molecule has 24 heavy (non-hydrogen) atoms. The van der Waals surface area contributed by atoms with Gasteiger partial charge in [0.1, 0.15) is 6.33 Å². The summed E-state index contributed by atoms with van der Waals surface area (Å²) in [5.74, 6) is 0. The lowest BCUT2D eigenvalue weighted by molar-refractivity contribution is 0.451. The first kappa shape index (κ1) is 14.3. The van der Waals surface area contributed by atoms with Gasteiger partial charge in [-0.05, 0) is 23.8 Å². The molecule has 0 saturated carbocycles. The molecule has 3 aromatic heterocycles. The van der Waals surface area contributed by atoms with Crippen LogP contribution in [0.5, 0.6) is 0 Å². The number of nitrogens with zero attached hydrogens (tertiary/aromatic N) is 5. The second-order valence-electron chi connectivity index (χ2n) is 5.49. The highest BCUT2D eigenvalue weighted by Crippen LogP contribution is 2.19. The summed E-state index contributed by atoms with van der Waals surface area (Å²) in [7, 11) is 0. The van der Waals surface area contributed by atoms with Crippen LogP contribution < -0.4 is 5.56 Å². The van der Waals surface area contributed by atoms with E-state index in [0.717, 1.165) is 5.56 Å². The lowest BCUT2D eigenvalue weighted by Gasteiger charge is -2.20. The highest BCUT2D eigenvalue weighted by atomic mass is 16.1. The summed E-state index contributed by atoms with van der Waals surface area (Å²) in [6.45, 7) is 0.546. The quantitative estimate of drug-likeness (QED) is 0.579. The van der Waals surface area contributed by atoms with E-state index >= 15 is 0 Å². The van der Waals surface area contributed by atoms with E-state index in [1.807, 2.05) is 47.3 Å². The molecule has 0 amide bonds. The Morgan fingerprint density at radius 3 is 2.62 bits per heavy atom. The van der Waals surface area contributed by atoms with Crippen molar-refractivity contribution in [1.29, 1.82) is 0 Å². The number of pyridine rings is 1. The molecule has 0 bridgehead atoms. The zero-order chi connectivity index (χ0) is 16.4. The van der Waals surface area contributed by atoms with Crippen LogP contribution in [-0.4, -0.2) is 24.3 Å². The molecule has 0 aliphatic rings. The summed E-state index contributed by atoms with van der Waals surface area (Å²) >= 11 is 0. The molecule has 4 rings (SSSR count). The van der Waals surface area contributed by atoms with Crippen LogP contribution in [0.25, 0.3) is 11.0 Å². The van der Waals surface area contributed by atoms with Crippen LogP contribution in [0, 0.1) is 0 Å². The van der Waals surface area contributed by atoms with Crippen molar-refractivity contribution in [3.8, 4) is 0 Å². The molecule has 6 heteroatoms. The first-order valence-corrected chi connectivity index (χ1v) is 7.67. The Morgan fingerprint density at radius 1 is 0.958 bits per heavy atom. The van der Waals surface area contributed by atoms with Crippen LogP contribution >= 0.6 is 0 Å². The monoisotopic (exact) mass is 317 g/mol.